The molecule has 0 radical (unpaired) electrons. The third-order valence-electron chi connectivity index (χ3n) is 8.31. The van der Waals surface area contributed by atoms with E-state index < -0.39 is 20.0 Å². The summed E-state index contributed by atoms with van der Waals surface area (Å²) >= 11 is 0. The standard InChI is InChI=1S/C43H76NO8P/c1-3-5-7-9-11-12-13-14-15-16-17-18-21-24-28-32-37-49-42(40-52-53(47,48)51-38-36-44)39-50-43(46)35-31-27-23-20-19-22-26-30-34-41(45)33-29-25-10-8-6-4-2/h6,8,20,22-23,25-26,29-30,32,34,37,41-42,45H,3-5,7,9-19,21,24,27-28,31,33,35-36,38-40,44H2,1-2H3,(H,47,48)/b8-6-,23-20-,26-22-,29-25-,34-30+,37-32+/t41?,42-/m1/s1. The number of phosphoric acid groups is 1. The van der Waals surface area contributed by atoms with E-state index in [2.05, 4.69) is 32.1 Å². The van der Waals surface area contributed by atoms with Crippen LogP contribution in [0.2, 0.25) is 0 Å². The Bertz CT molecular complexity index is 1050. The van der Waals surface area contributed by atoms with Gasteiger partial charge in [0.05, 0.1) is 25.6 Å². The summed E-state index contributed by atoms with van der Waals surface area (Å²) in [5.74, 6) is -0.374. The zero-order valence-corrected chi connectivity index (χ0v) is 34.2. The number of aliphatic hydroxyl groups is 1. The SMILES string of the molecule is CC/C=C\C/C=C\CC(O)/C=C/C=C\C/C=C\CCCC(=O)OC[C@H](COP(=O)(O)OCCN)O/C=C/CCCCCCCCCCCCCCCC. The Kier molecular flexibility index (Phi) is 37.8. The van der Waals surface area contributed by atoms with Crippen molar-refractivity contribution in [2.24, 2.45) is 5.73 Å². The lowest BCUT2D eigenvalue weighted by molar-refractivity contribution is -0.147. The molecule has 0 rings (SSSR count). The number of rotatable bonds is 38. The first-order valence-corrected chi connectivity index (χ1v) is 22.1. The summed E-state index contributed by atoms with van der Waals surface area (Å²) in [5.41, 5.74) is 5.35. The zero-order valence-electron chi connectivity index (χ0n) is 33.3. The van der Waals surface area contributed by atoms with E-state index in [4.69, 9.17) is 24.3 Å². The second kappa shape index (κ2) is 39.4. The van der Waals surface area contributed by atoms with Crippen LogP contribution >= 0.6 is 7.82 Å². The van der Waals surface area contributed by atoms with Crippen molar-refractivity contribution < 1.29 is 37.9 Å². The van der Waals surface area contributed by atoms with Gasteiger partial charge in [-0.3, -0.25) is 13.8 Å². The molecular formula is C43H76NO8P. The van der Waals surface area contributed by atoms with Crippen molar-refractivity contribution in [3.8, 4) is 0 Å². The summed E-state index contributed by atoms with van der Waals surface area (Å²) in [5, 5.41) is 10.00. The van der Waals surface area contributed by atoms with E-state index in [0.717, 1.165) is 38.5 Å². The third-order valence-corrected chi connectivity index (χ3v) is 9.29. The molecular weight excluding hydrogens is 689 g/mol. The fourth-order valence-corrected chi connectivity index (χ4v) is 5.98. The molecule has 0 saturated heterocycles. The van der Waals surface area contributed by atoms with E-state index in [1.807, 2.05) is 42.5 Å². The number of ether oxygens (including phenoxy) is 2. The molecule has 0 aromatic heterocycles. The van der Waals surface area contributed by atoms with E-state index in [-0.39, 0.29) is 38.8 Å². The second-order valence-corrected chi connectivity index (χ2v) is 14.8. The van der Waals surface area contributed by atoms with Crippen LogP contribution in [0.25, 0.3) is 0 Å². The summed E-state index contributed by atoms with van der Waals surface area (Å²) in [7, 11) is -4.29. The van der Waals surface area contributed by atoms with Gasteiger partial charge in [0, 0.05) is 13.0 Å². The minimum absolute atomic E-state index is 0.0812. The van der Waals surface area contributed by atoms with Crippen molar-refractivity contribution in [2.75, 3.05) is 26.4 Å². The number of carbonyl (C=O) groups excluding carboxylic acids is 1. The number of carbonyl (C=O) groups is 1. The lowest BCUT2D eigenvalue weighted by Crippen LogP contribution is -2.25. The highest BCUT2D eigenvalue weighted by atomic mass is 31.2. The summed E-state index contributed by atoms with van der Waals surface area (Å²) in [6.07, 6.45) is 46.2. The smallest absolute Gasteiger partial charge is 0.472 e. The quantitative estimate of drug-likeness (QED) is 0.0140. The number of hydrogen-bond donors (Lipinski definition) is 3. The van der Waals surface area contributed by atoms with Gasteiger partial charge in [0.1, 0.15) is 6.61 Å². The molecule has 4 N–H and O–H groups in total. The maximum Gasteiger partial charge on any atom is 0.472 e. The summed E-state index contributed by atoms with van der Waals surface area (Å²) in [6, 6.07) is 0. The fraction of sp³-hybridized carbons (Fsp3) is 0.698. The number of esters is 1. The Morgan fingerprint density at radius 3 is 1.96 bits per heavy atom. The third kappa shape index (κ3) is 39.3. The minimum Gasteiger partial charge on any atom is -0.492 e. The Labute approximate surface area is 323 Å². The number of unbranched alkanes of at least 4 members (excludes halogenated alkanes) is 15. The van der Waals surface area contributed by atoms with Gasteiger partial charge in [0.15, 0.2) is 6.10 Å². The predicted molar refractivity (Wildman–Crippen MR) is 220 cm³/mol. The van der Waals surface area contributed by atoms with Crippen LogP contribution in [0.15, 0.2) is 73.1 Å². The maximum absolute atomic E-state index is 12.4. The van der Waals surface area contributed by atoms with Crippen LogP contribution in [-0.4, -0.2) is 54.5 Å². The number of aliphatic hydroxyl groups excluding tert-OH is 1. The monoisotopic (exact) mass is 766 g/mol. The molecule has 0 spiro atoms. The minimum atomic E-state index is -4.29. The maximum atomic E-state index is 12.4. The van der Waals surface area contributed by atoms with Gasteiger partial charge in [0.2, 0.25) is 0 Å². The summed E-state index contributed by atoms with van der Waals surface area (Å²) in [6.45, 7) is 3.93. The first kappa shape index (κ1) is 50.7. The molecule has 2 unspecified atom stereocenters. The molecule has 0 heterocycles. The van der Waals surface area contributed by atoms with Crippen molar-refractivity contribution >= 4 is 13.8 Å². The molecule has 10 heteroatoms. The van der Waals surface area contributed by atoms with Gasteiger partial charge in [0.25, 0.3) is 0 Å². The van der Waals surface area contributed by atoms with E-state index in [1.165, 1.54) is 83.5 Å². The molecule has 53 heavy (non-hydrogen) atoms. The molecule has 0 saturated carbocycles. The molecule has 9 nitrogen and oxygen atoms in total. The van der Waals surface area contributed by atoms with Crippen LogP contribution in [0.3, 0.4) is 0 Å². The number of nitrogens with two attached hydrogens (primary N) is 1. The van der Waals surface area contributed by atoms with Crippen molar-refractivity contribution in [3.63, 3.8) is 0 Å². The first-order valence-electron chi connectivity index (χ1n) is 20.6. The summed E-state index contributed by atoms with van der Waals surface area (Å²) in [4.78, 5) is 22.2. The topological polar surface area (TPSA) is 138 Å². The average molecular weight is 766 g/mol. The zero-order chi connectivity index (χ0) is 38.9. The molecule has 0 aromatic rings. The Morgan fingerprint density at radius 2 is 1.30 bits per heavy atom. The number of allylic oxidation sites excluding steroid dienone is 9. The van der Waals surface area contributed by atoms with Crippen LogP contribution in [0.5, 0.6) is 0 Å². The molecule has 0 fully saturated rings. The second-order valence-electron chi connectivity index (χ2n) is 13.4. The van der Waals surface area contributed by atoms with E-state index in [1.54, 1.807) is 12.3 Å². The van der Waals surface area contributed by atoms with Crippen molar-refractivity contribution in [1.82, 2.24) is 0 Å². The Balaban J connectivity index is 4.28. The molecule has 0 aromatic carbocycles. The first-order chi connectivity index (χ1) is 25.8. The summed E-state index contributed by atoms with van der Waals surface area (Å²) < 4.78 is 33.1. The predicted octanol–water partition coefficient (Wildman–Crippen LogP) is 11.3. The fourth-order valence-electron chi connectivity index (χ4n) is 5.22. The van der Waals surface area contributed by atoms with Crippen LogP contribution < -0.4 is 5.73 Å². The molecule has 0 aliphatic rings. The largest absolute Gasteiger partial charge is 0.492 e. The normalized spacial score (nSPS) is 14.8. The van der Waals surface area contributed by atoms with E-state index in [9.17, 15) is 19.4 Å². The molecule has 306 valence electrons. The molecule has 0 amide bonds. The van der Waals surface area contributed by atoms with Gasteiger partial charge in [-0.05, 0) is 57.4 Å². The van der Waals surface area contributed by atoms with Crippen LogP contribution in [0.4, 0.5) is 0 Å². The lowest BCUT2D eigenvalue weighted by atomic mass is 10.0. The highest BCUT2D eigenvalue weighted by molar-refractivity contribution is 7.47. The molecule has 0 aliphatic carbocycles. The van der Waals surface area contributed by atoms with Gasteiger partial charge in [-0.2, -0.15) is 0 Å². The highest BCUT2D eigenvalue weighted by Crippen LogP contribution is 2.43. The number of phosphoric ester groups is 1. The van der Waals surface area contributed by atoms with Gasteiger partial charge >= 0.3 is 13.8 Å². The molecule has 3 atom stereocenters. The van der Waals surface area contributed by atoms with E-state index >= 15 is 0 Å². The van der Waals surface area contributed by atoms with Gasteiger partial charge in [-0.25, -0.2) is 4.57 Å². The van der Waals surface area contributed by atoms with Crippen LogP contribution in [0, 0.1) is 0 Å². The van der Waals surface area contributed by atoms with Gasteiger partial charge in [-0.1, -0.05) is 158 Å². The number of hydrogen-bond acceptors (Lipinski definition) is 8. The van der Waals surface area contributed by atoms with Crippen molar-refractivity contribution in [2.45, 2.75) is 167 Å². The van der Waals surface area contributed by atoms with Crippen molar-refractivity contribution in [3.05, 3.63) is 73.1 Å². The van der Waals surface area contributed by atoms with Crippen LogP contribution in [-0.2, 0) is 27.9 Å². The van der Waals surface area contributed by atoms with Gasteiger partial charge in [-0.15, -0.1) is 0 Å². The van der Waals surface area contributed by atoms with Crippen LogP contribution in [0.1, 0.15) is 155 Å². The Morgan fingerprint density at radius 1 is 0.698 bits per heavy atom. The molecule has 0 aliphatic heterocycles. The lowest BCUT2D eigenvalue weighted by Gasteiger charge is -2.19. The Hall–Kier alpha value is -2.26. The van der Waals surface area contributed by atoms with Gasteiger partial charge < -0.3 is 25.2 Å². The highest BCUT2D eigenvalue weighted by Gasteiger charge is 2.24. The van der Waals surface area contributed by atoms with Crippen molar-refractivity contribution in [1.29, 1.82) is 0 Å². The molecule has 0 bridgehead atoms. The average Bonchev–Trinajstić information content (AvgIpc) is 3.14. The van der Waals surface area contributed by atoms with E-state index in [0.29, 0.717) is 12.8 Å².